The summed E-state index contributed by atoms with van der Waals surface area (Å²) >= 11 is 0. The first kappa shape index (κ1) is 8.31. The lowest BCUT2D eigenvalue weighted by molar-refractivity contribution is 0.182. The highest BCUT2D eigenvalue weighted by molar-refractivity contribution is 5.21. The van der Waals surface area contributed by atoms with Gasteiger partial charge in [-0.1, -0.05) is 6.92 Å². The van der Waals surface area contributed by atoms with Gasteiger partial charge in [0.15, 0.2) is 0 Å². The van der Waals surface area contributed by atoms with Gasteiger partial charge in [0.25, 0.3) is 0 Å². The van der Waals surface area contributed by atoms with Crippen LogP contribution in [-0.4, -0.2) is 9.78 Å². The Bertz CT molecular complexity index is 328. The lowest BCUT2D eigenvalue weighted by Crippen LogP contribution is -2.25. The lowest BCUT2D eigenvalue weighted by Gasteiger charge is -2.32. The van der Waals surface area contributed by atoms with Crippen molar-refractivity contribution in [1.29, 1.82) is 5.26 Å². The first-order valence-corrected chi connectivity index (χ1v) is 4.70. The third-order valence-electron chi connectivity index (χ3n) is 2.68. The van der Waals surface area contributed by atoms with Crippen molar-refractivity contribution in [1.82, 2.24) is 9.78 Å². The zero-order valence-electron chi connectivity index (χ0n) is 7.77. The maximum atomic E-state index is 8.59. The van der Waals surface area contributed by atoms with Crippen molar-refractivity contribution >= 4 is 0 Å². The predicted octanol–water partition coefficient (Wildman–Crippen LogP) is 1.80. The van der Waals surface area contributed by atoms with Crippen molar-refractivity contribution in [3.8, 4) is 6.07 Å². The summed E-state index contributed by atoms with van der Waals surface area (Å²) < 4.78 is 1.88. The van der Waals surface area contributed by atoms with Gasteiger partial charge in [-0.3, -0.25) is 4.68 Å². The fourth-order valence-electron chi connectivity index (χ4n) is 2.00. The zero-order valence-corrected chi connectivity index (χ0v) is 7.77. The van der Waals surface area contributed by atoms with Crippen LogP contribution in [0.15, 0.2) is 12.4 Å². The van der Waals surface area contributed by atoms with E-state index in [1.54, 1.807) is 6.20 Å². The Labute approximate surface area is 78.0 Å². The van der Waals surface area contributed by atoms with Crippen LogP contribution in [0.5, 0.6) is 0 Å². The van der Waals surface area contributed by atoms with Gasteiger partial charge in [-0.05, 0) is 24.7 Å². The number of aromatic nitrogens is 2. The van der Waals surface area contributed by atoms with Crippen LogP contribution in [0.1, 0.15) is 25.3 Å². The first-order valence-electron chi connectivity index (χ1n) is 4.70. The molecule has 68 valence electrons. The van der Waals surface area contributed by atoms with E-state index in [2.05, 4.69) is 18.1 Å². The van der Waals surface area contributed by atoms with Crippen LogP contribution in [0.4, 0.5) is 0 Å². The molecule has 0 saturated heterocycles. The second-order valence-corrected chi connectivity index (χ2v) is 4.01. The Balaban J connectivity index is 1.92. The SMILES string of the molecule is CC1CC(Cn2cc(C#N)cn2)C1. The van der Waals surface area contributed by atoms with Gasteiger partial charge in [0, 0.05) is 12.7 Å². The number of nitriles is 1. The molecule has 0 bridgehead atoms. The van der Waals surface area contributed by atoms with Crippen LogP contribution in [0.25, 0.3) is 0 Å². The molecule has 1 aromatic heterocycles. The van der Waals surface area contributed by atoms with Crippen molar-refractivity contribution in [2.45, 2.75) is 26.3 Å². The molecule has 1 aliphatic rings. The second-order valence-electron chi connectivity index (χ2n) is 4.01. The average Bonchev–Trinajstić information content (AvgIpc) is 2.50. The molecule has 0 aromatic carbocycles. The molecular weight excluding hydrogens is 162 g/mol. The van der Waals surface area contributed by atoms with E-state index < -0.39 is 0 Å². The Morgan fingerprint density at radius 2 is 2.46 bits per heavy atom. The maximum Gasteiger partial charge on any atom is 0.102 e. The minimum Gasteiger partial charge on any atom is -0.271 e. The van der Waals surface area contributed by atoms with Gasteiger partial charge in [0.1, 0.15) is 6.07 Å². The van der Waals surface area contributed by atoms with Crippen molar-refractivity contribution in [2.75, 3.05) is 0 Å². The smallest absolute Gasteiger partial charge is 0.102 e. The van der Waals surface area contributed by atoms with Gasteiger partial charge in [-0.25, -0.2) is 0 Å². The summed E-state index contributed by atoms with van der Waals surface area (Å²) in [6.45, 7) is 3.26. The third kappa shape index (κ3) is 1.72. The molecule has 0 atom stereocenters. The van der Waals surface area contributed by atoms with Crippen LogP contribution in [0.2, 0.25) is 0 Å². The minimum atomic E-state index is 0.660. The highest BCUT2D eigenvalue weighted by Crippen LogP contribution is 2.33. The largest absolute Gasteiger partial charge is 0.271 e. The summed E-state index contributed by atoms with van der Waals surface area (Å²) in [5, 5.41) is 12.7. The van der Waals surface area contributed by atoms with Crippen LogP contribution >= 0.6 is 0 Å². The molecule has 1 fully saturated rings. The van der Waals surface area contributed by atoms with Crippen molar-refractivity contribution < 1.29 is 0 Å². The quantitative estimate of drug-likeness (QED) is 0.687. The molecule has 0 unspecified atom stereocenters. The van der Waals surface area contributed by atoms with Gasteiger partial charge in [-0.15, -0.1) is 0 Å². The highest BCUT2D eigenvalue weighted by atomic mass is 15.3. The van der Waals surface area contributed by atoms with Crippen LogP contribution < -0.4 is 0 Å². The molecule has 0 radical (unpaired) electrons. The monoisotopic (exact) mass is 175 g/mol. The Kier molecular flexibility index (Phi) is 2.05. The standard InChI is InChI=1S/C10H13N3/c1-8-2-9(3-8)6-13-7-10(4-11)5-12-13/h5,7-9H,2-3,6H2,1H3. The van der Waals surface area contributed by atoms with E-state index in [0.717, 1.165) is 18.4 Å². The molecule has 0 spiro atoms. The average molecular weight is 175 g/mol. The van der Waals surface area contributed by atoms with Crippen molar-refractivity contribution in [3.63, 3.8) is 0 Å². The summed E-state index contributed by atoms with van der Waals surface area (Å²) in [6.07, 6.45) is 6.06. The summed E-state index contributed by atoms with van der Waals surface area (Å²) in [5.74, 6) is 1.66. The van der Waals surface area contributed by atoms with Crippen molar-refractivity contribution in [3.05, 3.63) is 18.0 Å². The summed E-state index contributed by atoms with van der Waals surface area (Å²) in [4.78, 5) is 0. The van der Waals surface area contributed by atoms with E-state index in [9.17, 15) is 0 Å². The third-order valence-corrected chi connectivity index (χ3v) is 2.68. The molecular formula is C10H13N3. The zero-order chi connectivity index (χ0) is 9.26. The molecule has 0 aliphatic heterocycles. The van der Waals surface area contributed by atoms with Crippen LogP contribution in [-0.2, 0) is 6.54 Å². The molecule has 1 heterocycles. The summed E-state index contributed by atoms with van der Waals surface area (Å²) in [6, 6.07) is 2.08. The van der Waals surface area contributed by atoms with E-state index in [1.807, 2.05) is 10.9 Å². The summed E-state index contributed by atoms with van der Waals surface area (Å²) in [5.41, 5.74) is 0.660. The number of hydrogen-bond acceptors (Lipinski definition) is 2. The Hall–Kier alpha value is -1.30. The molecule has 3 heteroatoms. The second kappa shape index (κ2) is 3.21. The number of rotatable bonds is 2. The molecule has 1 aliphatic carbocycles. The van der Waals surface area contributed by atoms with Crippen molar-refractivity contribution in [2.24, 2.45) is 11.8 Å². The fourth-order valence-corrected chi connectivity index (χ4v) is 2.00. The molecule has 0 N–H and O–H groups in total. The van der Waals surface area contributed by atoms with Gasteiger partial charge < -0.3 is 0 Å². The van der Waals surface area contributed by atoms with E-state index in [-0.39, 0.29) is 0 Å². The molecule has 3 nitrogen and oxygen atoms in total. The predicted molar refractivity (Wildman–Crippen MR) is 48.8 cm³/mol. The first-order chi connectivity index (χ1) is 6.28. The highest BCUT2D eigenvalue weighted by Gasteiger charge is 2.25. The molecule has 1 saturated carbocycles. The number of hydrogen-bond donors (Lipinski definition) is 0. The van der Waals surface area contributed by atoms with E-state index >= 15 is 0 Å². The Morgan fingerprint density at radius 3 is 3.00 bits per heavy atom. The van der Waals surface area contributed by atoms with E-state index in [1.165, 1.54) is 12.8 Å². The minimum absolute atomic E-state index is 0.660. The Morgan fingerprint density at radius 1 is 1.69 bits per heavy atom. The number of nitrogens with zero attached hydrogens (tertiary/aromatic N) is 3. The van der Waals surface area contributed by atoms with Crippen LogP contribution in [0, 0.1) is 23.2 Å². The van der Waals surface area contributed by atoms with E-state index in [4.69, 9.17) is 5.26 Å². The fraction of sp³-hybridized carbons (Fsp3) is 0.600. The molecule has 2 rings (SSSR count). The van der Waals surface area contributed by atoms with Gasteiger partial charge in [-0.2, -0.15) is 10.4 Å². The molecule has 0 amide bonds. The van der Waals surface area contributed by atoms with Crippen LogP contribution in [0.3, 0.4) is 0 Å². The maximum absolute atomic E-state index is 8.59. The normalized spacial score (nSPS) is 26.5. The topological polar surface area (TPSA) is 41.6 Å². The van der Waals surface area contributed by atoms with E-state index in [0.29, 0.717) is 5.56 Å². The summed E-state index contributed by atoms with van der Waals surface area (Å²) in [7, 11) is 0. The lowest BCUT2D eigenvalue weighted by atomic mass is 9.76. The van der Waals surface area contributed by atoms with Gasteiger partial charge in [0.05, 0.1) is 11.8 Å². The van der Waals surface area contributed by atoms with Gasteiger partial charge in [0.2, 0.25) is 0 Å². The van der Waals surface area contributed by atoms with Gasteiger partial charge >= 0.3 is 0 Å². The molecule has 1 aromatic rings. The molecule has 13 heavy (non-hydrogen) atoms.